The summed E-state index contributed by atoms with van der Waals surface area (Å²) in [4.78, 5) is 4.64. The van der Waals surface area contributed by atoms with E-state index in [2.05, 4.69) is 24.6 Å². The lowest BCUT2D eigenvalue weighted by molar-refractivity contribution is 0.337. The molecule has 2 aromatic rings. The van der Waals surface area contributed by atoms with E-state index < -0.39 is 0 Å². The summed E-state index contributed by atoms with van der Waals surface area (Å²) in [6.07, 6.45) is 0. The van der Waals surface area contributed by atoms with Crippen molar-refractivity contribution in [1.82, 2.24) is 0 Å². The molecule has 0 aromatic carbocycles. The van der Waals surface area contributed by atoms with Crippen molar-refractivity contribution in [3.8, 4) is 0 Å². The Hall–Kier alpha value is -0.120. The summed E-state index contributed by atoms with van der Waals surface area (Å²) in [5.74, 6) is 0. The molecule has 2 heterocycles. The second-order valence-electron chi connectivity index (χ2n) is 4.67. The molecule has 2 aromatic heterocycles. The van der Waals surface area contributed by atoms with Crippen LogP contribution < -0.4 is 0 Å². The first-order valence-electron chi connectivity index (χ1n) is 7.34. The summed E-state index contributed by atoms with van der Waals surface area (Å²) in [6.45, 7) is 9.22. The fraction of sp³-hybridized carbons (Fsp3) is 0.375. The molecule has 0 bridgehead atoms. The first kappa shape index (κ1) is 20.2. The van der Waals surface area contributed by atoms with Crippen LogP contribution in [-0.4, -0.2) is 23.3 Å². The lowest BCUT2D eigenvalue weighted by Crippen LogP contribution is -2.04. The average molecular weight is 435 g/mol. The largest absolute Gasteiger partial charge is 0.483 e. The maximum Gasteiger partial charge on any atom is 0.193 e. The van der Waals surface area contributed by atoms with E-state index in [-0.39, 0.29) is 0 Å². The minimum absolute atomic E-state index is 0.575. The second kappa shape index (κ2) is 9.54. The molecule has 0 fully saturated rings. The van der Waals surface area contributed by atoms with Crippen molar-refractivity contribution in [3.05, 3.63) is 31.6 Å². The normalized spacial score (nSPS) is 10.7. The molecule has 0 aliphatic heterocycles. The zero-order valence-corrected chi connectivity index (χ0v) is 18.7. The van der Waals surface area contributed by atoms with E-state index in [9.17, 15) is 0 Å². The Bertz CT molecular complexity index is 669. The van der Waals surface area contributed by atoms with E-state index in [0.29, 0.717) is 23.3 Å². The van der Waals surface area contributed by atoms with Crippen molar-refractivity contribution in [1.29, 1.82) is 0 Å². The van der Waals surface area contributed by atoms with Crippen LogP contribution in [0.2, 0.25) is 0 Å². The van der Waals surface area contributed by atoms with Crippen molar-refractivity contribution in [3.63, 3.8) is 0 Å². The van der Waals surface area contributed by atoms with Crippen LogP contribution in [-0.2, 0) is 9.47 Å². The van der Waals surface area contributed by atoms with E-state index in [4.69, 9.17) is 33.9 Å². The van der Waals surface area contributed by atoms with Crippen LogP contribution in [0.4, 0.5) is 0 Å². The van der Waals surface area contributed by atoms with Gasteiger partial charge in [-0.3, -0.25) is 0 Å². The van der Waals surface area contributed by atoms with Crippen LogP contribution in [0.1, 0.15) is 34.7 Å². The quantitative estimate of drug-likeness (QED) is 0.356. The summed E-state index contributed by atoms with van der Waals surface area (Å²) in [5.41, 5.74) is 2.07. The number of ether oxygens (including phenoxy) is 2. The van der Waals surface area contributed by atoms with Gasteiger partial charge in [-0.15, -0.1) is 22.7 Å². The summed E-state index contributed by atoms with van der Waals surface area (Å²) >= 11 is 14.2. The van der Waals surface area contributed by atoms with Crippen molar-refractivity contribution in [2.24, 2.45) is 0 Å². The van der Waals surface area contributed by atoms with Gasteiger partial charge in [0.05, 0.1) is 24.3 Å². The van der Waals surface area contributed by atoms with Gasteiger partial charge in [-0.25, -0.2) is 0 Å². The Labute approximate surface area is 169 Å². The Kier molecular flexibility index (Phi) is 8.03. The van der Waals surface area contributed by atoms with Crippen LogP contribution in [0.5, 0.6) is 0 Å². The topological polar surface area (TPSA) is 18.5 Å². The predicted octanol–water partition coefficient (Wildman–Crippen LogP) is 6.65. The molecule has 2 rings (SSSR count). The van der Waals surface area contributed by atoms with Gasteiger partial charge in [0.1, 0.15) is 0 Å². The van der Waals surface area contributed by atoms with Crippen LogP contribution in [0.3, 0.4) is 0 Å². The Morgan fingerprint density at radius 3 is 1.58 bits per heavy atom. The summed E-state index contributed by atoms with van der Waals surface area (Å²) < 4.78 is 11.1. The molecule has 0 aliphatic carbocycles. The van der Waals surface area contributed by atoms with Crippen LogP contribution in [0, 0.1) is 13.8 Å². The van der Waals surface area contributed by atoms with Gasteiger partial charge >= 0.3 is 0 Å². The van der Waals surface area contributed by atoms with Crippen LogP contribution in [0.25, 0.3) is 0 Å². The summed E-state index contributed by atoms with van der Waals surface area (Å²) in [7, 11) is 3.38. The van der Waals surface area contributed by atoms with Crippen molar-refractivity contribution in [2.75, 3.05) is 13.2 Å². The molecule has 0 atom stereocenters. The second-order valence-corrected chi connectivity index (χ2v) is 9.79. The van der Waals surface area contributed by atoms with Gasteiger partial charge in [-0.05, 0) is 52.1 Å². The first-order valence-corrected chi connectivity index (χ1v) is 12.1. The number of thiophene rings is 2. The Morgan fingerprint density at radius 2 is 1.25 bits per heavy atom. The maximum atomic E-state index is 5.53. The summed E-state index contributed by atoms with van der Waals surface area (Å²) in [6, 6.07) is 0. The van der Waals surface area contributed by atoms with Crippen molar-refractivity contribution >= 4 is 78.8 Å². The third-order valence-corrected chi connectivity index (χ3v) is 8.24. The highest BCUT2D eigenvalue weighted by molar-refractivity contribution is 8.76. The molecule has 24 heavy (non-hydrogen) atoms. The number of hydrogen-bond donors (Lipinski definition) is 0. The van der Waals surface area contributed by atoms with Gasteiger partial charge in [-0.1, -0.05) is 21.6 Å². The molecular weight excluding hydrogens is 417 g/mol. The maximum absolute atomic E-state index is 5.53. The monoisotopic (exact) mass is 434 g/mol. The van der Waals surface area contributed by atoms with E-state index in [0.717, 1.165) is 20.9 Å². The van der Waals surface area contributed by atoms with Gasteiger partial charge in [-0.2, -0.15) is 0 Å². The van der Waals surface area contributed by atoms with Gasteiger partial charge in [0.15, 0.2) is 10.1 Å². The fourth-order valence-corrected chi connectivity index (χ4v) is 7.75. The first-order chi connectivity index (χ1) is 11.5. The minimum atomic E-state index is 0.575. The van der Waals surface area contributed by atoms with Crippen LogP contribution >= 0.6 is 68.7 Å². The standard InChI is InChI=1S/C16H18O2S6/c1-5-17-15(19)13-9(3)21-7-11(13)23-24-12-8-22-10(4)14(12)16(20)18-6-2/h7-8H,5-6H2,1-4H3. The summed E-state index contributed by atoms with van der Waals surface area (Å²) in [5, 5.41) is 5.41. The minimum Gasteiger partial charge on any atom is -0.483 e. The van der Waals surface area contributed by atoms with E-state index >= 15 is 0 Å². The molecule has 0 radical (unpaired) electrons. The van der Waals surface area contributed by atoms with E-state index in [1.54, 1.807) is 44.3 Å². The molecular formula is C16H18O2S6. The lowest BCUT2D eigenvalue weighted by atomic mass is 10.3. The highest BCUT2D eigenvalue weighted by Crippen LogP contribution is 2.45. The zero-order valence-electron chi connectivity index (χ0n) is 13.8. The van der Waals surface area contributed by atoms with Gasteiger partial charge in [0.25, 0.3) is 0 Å². The molecule has 2 nitrogen and oxygen atoms in total. The number of aryl methyl sites for hydroxylation is 2. The van der Waals surface area contributed by atoms with E-state index in [1.807, 2.05) is 13.8 Å². The van der Waals surface area contributed by atoms with E-state index in [1.165, 1.54) is 9.75 Å². The van der Waals surface area contributed by atoms with Gasteiger partial charge in [0.2, 0.25) is 0 Å². The molecule has 0 amide bonds. The highest BCUT2D eigenvalue weighted by atomic mass is 33.1. The van der Waals surface area contributed by atoms with Crippen molar-refractivity contribution in [2.45, 2.75) is 37.5 Å². The van der Waals surface area contributed by atoms with Crippen molar-refractivity contribution < 1.29 is 9.47 Å². The van der Waals surface area contributed by atoms with Gasteiger partial charge in [0, 0.05) is 30.3 Å². The predicted molar refractivity (Wildman–Crippen MR) is 116 cm³/mol. The molecule has 0 aliphatic rings. The fourth-order valence-electron chi connectivity index (χ4n) is 1.97. The third kappa shape index (κ3) is 4.74. The lowest BCUT2D eigenvalue weighted by Gasteiger charge is -2.09. The molecule has 130 valence electrons. The molecule has 0 saturated heterocycles. The molecule has 8 heteroatoms. The molecule has 0 saturated carbocycles. The Balaban J connectivity index is 2.18. The number of rotatable bonds is 7. The number of thiocarbonyl (C=S) groups is 2. The number of hydrogen-bond acceptors (Lipinski definition) is 8. The average Bonchev–Trinajstić information content (AvgIpc) is 3.08. The molecule has 0 unspecified atom stereocenters. The zero-order chi connectivity index (χ0) is 17.7. The molecule has 0 N–H and O–H groups in total. The SMILES string of the molecule is CCOC(=S)c1c(SSc2csc(C)c2C(=S)OCC)csc1C. The smallest absolute Gasteiger partial charge is 0.193 e. The third-order valence-electron chi connectivity index (χ3n) is 3.06. The van der Waals surface area contributed by atoms with Gasteiger partial charge < -0.3 is 9.47 Å². The highest BCUT2D eigenvalue weighted by Gasteiger charge is 2.19. The Morgan fingerprint density at radius 1 is 0.875 bits per heavy atom. The molecule has 0 spiro atoms. The van der Waals surface area contributed by atoms with Crippen LogP contribution in [0.15, 0.2) is 20.6 Å².